The number of alkyl halides is 1. The molecule has 2 heteroatoms. The minimum absolute atomic E-state index is 0.239. The van der Waals surface area contributed by atoms with E-state index in [-0.39, 0.29) is 6.10 Å². The highest BCUT2D eigenvalue weighted by molar-refractivity contribution is 9.09. The molecule has 0 radical (unpaired) electrons. The number of hydrogen-bond donors (Lipinski definition) is 0. The fraction of sp³-hybridized carbons (Fsp3) is 0.571. The molecule has 0 aliphatic rings. The Labute approximate surface area is 107 Å². The summed E-state index contributed by atoms with van der Waals surface area (Å²) >= 11 is 3.71. The van der Waals surface area contributed by atoms with Gasteiger partial charge in [0, 0.05) is 4.83 Å². The predicted molar refractivity (Wildman–Crippen MR) is 73.6 cm³/mol. The van der Waals surface area contributed by atoms with Crippen molar-refractivity contribution < 1.29 is 4.74 Å². The SMILES string of the molecule is CCC(Br)C(C)c1ccc(OC(C)C)cc1. The average Bonchev–Trinajstić information content (AvgIpc) is 2.27. The molecule has 0 aliphatic carbocycles. The van der Waals surface area contributed by atoms with Crippen LogP contribution in [0.25, 0.3) is 0 Å². The summed E-state index contributed by atoms with van der Waals surface area (Å²) in [5.74, 6) is 1.49. The van der Waals surface area contributed by atoms with E-state index in [4.69, 9.17) is 4.74 Å². The largest absolute Gasteiger partial charge is 0.491 e. The van der Waals surface area contributed by atoms with E-state index in [0.717, 1.165) is 12.2 Å². The quantitative estimate of drug-likeness (QED) is 0.709. The second-order valence-corrected chi connectivity index (χ2v) is 5.62. The van der Waals surface area contributed by atoms with Crippen LogP contribution < -0.4 is 4.74 Å². The van der Waals surface area contributed by atoms with Gasteiger partial charge in [-0.25, -0.2) is 0 Å². The molecule has 0 saturated carbocycles. The van der Waals surface area contributed by atoms with E-state index in [0.29, 0.717) is 10.7 Å². The fourth-order valence-corrected chi connectivity index (χ4v) is 1.99. The highest BCUT2D eigenvalue weighted by Crippen LogP contribution is 2.28. The smallest absolute Gasteiger partial charge is 0.119 e. The fourth-order valence-electron chi connectivity index (χ4n) is 1.68. The van der Waals surface area contributed by atoms with E-state index < -0.39 is 0 Å². The van der Waals surface area contributed by atoms with Crippen molar-refractivity contribution in [2.24, 2.45) is 0 Å². The molecule has 1 nitrogen and oxygen atoms in total. The molecule has 0 fully saturated rings. The summed E-state index contributed by atoms with van der Waals surface area (Å²) in [5.41, 5.74) is 1.36. The standard InChI is InChI=1S/C14H21BrO/c1-5-14(15)11(4)12-6-8-13(9-7-12)16-10(2)3/h6-11,14H,5H2,1-4H3. The third kappa shape index (κ3) is 3.82. The van der Waals surface area contributed by atoms with Gasteiger partial charge in [0.2, 0.25) is 0 Å². The van der Waals surface area contributed by atoms with Crippen LogP contribution in [-0.4, -0.2) is 10.9 Å². The second kappa shape index (κ2) is 6.29. The van der Waals surface area contributed by atoms with Gasteiger partial charge < -0.3 is 4.74 Å². The summed E-state index contributed by atoms with van der Waals surface area (Å²) in [4.78, 5) is 0.546. The maximum absolute atomic E-state index is 5.62. The van der Waals surface area contributed by atoms with E-state index in [9.17, 15) is 0 Å². The van der Waals surface area contributed by atoms with Gasteiger partial charge in [0.05, 0.1) is 6.10 Å². The third-order valence-electron chi connectivity index (χ3n) is 2.71. The molecule has 0 spiro atoms. The molecule has 0 heterocycles. The summed E-state index contributed by atoms with van der Waals surface area (Å²) in [6.45, 7) is 8.54. The minimum Gasteiger partial charge on any atom is -0.491 e. The minimum atomic E-state index is 0.239. The Kier molecular flexibility index (Phi) is 5.33. The first kappa shape index (κ1) is 13.6. The second-order valence-electron chi connectivity index (χ2n) is 4.45. The Morgan fingerprint density at radius 2 is 1.69 bits per heavy atom. The van der Waals surface area contributed by atoms with E-state index in [2.05, 4.69) is 54.0 Å². The summed E-state index contributed by atoms with van der Waals surface area (Å²) in [6, 6.07) is 8.43. The van der Waals surface area contributed by atoms with Crippen LogP contribution >= 0.6 is 15.9 Å². The molecular weight excluding hydrogens is 264 g/mol. The van der Waals surface area contributed by atoms with Crippen LogP contribution in [0, 0.1) is 0 Å². The molecule has 2 atom stereocenters. The van der Waals surface area contributed by atoms with Crippen molar-refractivity contribution in [2.45, 2.75) is 51.0 Å². The Morgan fingerprint density at radius 3 is 2.12 bits per heavy atom. The van der Waals surface area contributed by atoms with Gasteiger partial charge in [-0.15, -0.1) is 0 Å². The Morgan fingerprint density at radius 1 is 1.12 bits per heavy atom. The van der Waals surface area contributed by atoms with E-state index >= 15 is 0 Å². The molecule has 1 rings (SSSR count). The molecule has 2 unspecified atom stereocenters. The summed E-state index contributed by atoms with van der Waals surface area (Å²) in [5, 5.41) is 0. The molecule has 0 saturated heterocycles. The van der Waals surface area contributed by atoms with Crippen molar-refractivity contribution in [3.63, 3.8) is 0 Å². The first-order chi connectivity index (χ1) is 7.54. The molecule has 0 aromatic heterocycles. The van der Waals surface area contributed by atoms with Crippen molar-refractivity contribution in [2.75, 3.05) is 0 Å². The Bertz CT molecular complexity index is 305. The van der Waals surface area contributed by atoms with Crippen LogP contribution in [0.15, 0.2) is 24.3 Å². The van der Waals surface area contributed by atoms with Crippen molar-refractivity contribution >= 4 is 15.9 Å². The lowest BCUT2D eigenvalue weighted by atomic mass is 9.96. The molecular formula is C14H21BrO. The van der Waals surface area contributed by atoms with Gasteiger partial charge in [0.25, 0.3) is 0 Å². The first-order valence-corrected chi connectivity index (χ1v) is 6.86. The number of hydrogen-bond acceptors (Lipinski definition) is 1. The van der Waals surface area contributed by atoms with Gasteiger partial charge in [-0.2, -0.15) is 0 Å². The summed E-state index contributed by atoms with van der Waals surface area (Å²) in [6.07, 6.45) is 1.38. The predicted octanol–water partition coefficient (Wildman–Crippen LogP) is 4.75. The molecule has 0 bridgehead atoms. The van der Waals surface area contributed by atoms with Crippen LogP contribution in [-0.2, 0) is 0 Å². The number of halogens is 1. The van der Waals surface area contributed by atoms with Gasteiger partial charge in [-0.1, -0.05) is 41.9 Å². The monoisotopic (exact) mass is 284 g/mol. The molecule has 90 valence electrons. The van der Waals surface area contributed by atoms with Gasteiger partial charge in [-0.3, -0.25) is 0 Å². The normalized spacial score (nSPS) is 14.9. The van der Waals surface area contributed by atoms with Gasteiger partial charge in [0.15, 0.2) is 0 Å². The number of ether oxygens (including phenoxy) is 1. The Balaban J connectivity index is 2.70. The van der Waals surface area contributed by atoms with Gasteiger partial charge >= 0.3 is 0 Å². The van der Waals surface area contributed by atoms with E-state index in [1.165, 1.54) is 5.56 Å². The lowest BCUT2D eigenvalue weighted by Gasteiger charge is -2.18. The summed E-state index contributed by atoms with van der Waals surface area (Å²) in [7, 11) is 0. The van der Waals surface area contributed by atoms with Gasteiger partial charge in [-0.05, 0) is 43.9 Å². The molecule has 0 amide bonds. The Hall–Kier alpha value is -0.500. The number of rotatable bonds is 5. The zero-order chi connectivity index (χ0) is 12.1. The highest BCUT2D eigenvalue weighted by atomic mass is 79.9. The number of benzene rings is 1. The van der Waals surface area contributed by atoms with Crippen molar-refractivity contribution in [1.29, 1.82) is 0 Å². The van der Waals surface area contributed by atoms with E-state index in [1.807, 2.05) is 13.8 Å². The van der Waals surface area contributed by atoms with Crippen molar-refractivity contribution in [3.05, 3.63) is 29.8 Å². The lowest BCUT2D eigenvalue weighted by molar-refractivity contribution is 0.242. The molecule has 16 heavy (non-hydrogen) atoms. The molecule has 0 aliphatic heterocycles. The van der Waals surface area contributed by atoms with Gasteiger partial charge in [0.1, 0.15) is 5.75 Å². The third-order valence-corrected chi connectivity index (χ3v) is 4.15. The highest BCUT2D eigenvalue weighted by Gasteiger charge is 2.13. The zero-order valence-electron chi connectivity index (χ0n) is 10.5. The maximum Gasteiger partial charge on any atom is 0.119 e. The van der Waals surface area contributed by atoms with Crippen molar-refractivity contribution in [3.8, 4) is 5.75 Å². The first-order valence-electron chi connectivity index (χ1n) is 5.95. The zero-order valence-corrected chi connectivity index (χ0v) is 12.1. The topological polar surface area (TPSA) is 9.23 Å². The lowest BCUT2D eigenvalue weighted by Crippen LogP contribution is -2.08. The van der Waals surface area contributed by atoms with Crippen LogP contribution in [0.1, 0.15) is 45.6 Å². The van der Waals surface area contributed by atoms with Crippen LogP contribution in [0.4, 0.5) is 0 Å². The van der Waals surface area contributed by atoms with Crippen LogP contribution in [0.2, 0.25) is 0 Å². The van der Waals surface area contributed by atoms with Crippen molar-refractivity contribution in [1.82, 2.24) is 0 Å². The molecule has 1 aromatic rings. The average molecular weight is 285 g/mol. The summed E-state index contributed by atoms with van der Waals surface area (Å²) < 4.78 is 5.62. The molecule has 0 N–H and O–H groups in total. The van der Waals surface area contributed by atoms with Crippen LogP contribution in [0.5, 0.6) is 5.75 Å². The maximum atomic E-state index is 5.62. The van der Waals surface area contributed by atoms with Crippen LogP contribution in [0.3, 0.4) is 0 Å². The molecule has 1 aromatic carbocycles. The van der Waals surface area contributed by atoms with E-state index in [1.54, 1.807) is 0 Å².